The zero-order valence-electron chi connectivity index (χ0n) is 13.1. The molecule has 0 fully saturated rings. The van der Waals surface area contributed by atoms with Crippen LogP contribution in [-0.2, 0) is 13.1 Å². The third-order valence-corrected chi connectivity index (χ3v) is 3.68. The van der Waals surface area contributed by atoms with Gasteiger partial charge >= 0.3 is 0 Å². The zero-order valence-corrected chi connectivity index (χ0v) is 13.9. The molecule has 3 nitrogen and oxygen atoms in total. The molecule has 0 radical (unpaired) electrons. The zero-order chi connectivity index (χ0) is 15.2. The van der Waals surface area contributed by atoms with Crippen LogP contribution in [0.25, 0.3) is 10.8 Å². The minimum Gasteiger partial charge on any atom is -1.00 e. The number of pyridine rings is 1. The van der Waals surface area contributed by atoms with Gasteiger partial charge in [-0.3, -0.25) is 4.98 Å². The maximum absolute atomic E-state index is 5.80. The van der Waals surface area contributed by atoms with Gasteiger partial charge in [0, 0.05) is 31.0 Å². The average molecular weight is 328 g/mol. The Morgan fingerprint density at radius 2 is 1.74 bits per heavy atom. The van der Waals surface area contributed by atoms with E-state index in [-0.39, 0.29) is 12.4 Å². The van der Waals surface area contributed by atoms with Crippen molar-refractivity contribution in [1.29, 1.82) is 0 Å². The van der Waals surface area contributed by atoms with E-state index in [0.29, 0.717) is 6.61 Å². The summed E-state index contributed by atoms with van der Waals surface area (Å²) in [5.41, 5.74) is 2.45. The summed E-state index contributed by atoms with van der Waals surface area (Å²) in [7, 11) is 0. The number of fused-ring (bicyclic) bond motifs is 1. The highest BCUT2D eigenvalue weighted by Crippen LogP contribution is 2.28. The molecule has 0 atom stereocenters. The Bertz CT molecular complexity index is 747. The molecule has 0 saturated carbocycles. The predicted molar refractivity (Wildman–Crippen MR) is 89.9 cm³/mol. The van der Waals surface area contributed by atoms with Crippen LogP contribution in [0.3, 0.4) is 0 Å². The Morgan fingerprint density at radius 1 is 0.957 bits per heavy atom. The summed E-state index contributed by atoms with van der Waals surface area (Å²) in [6.45, 7) is 4.29. The molecule has 3 aromatic rings. The minimum atomic E-state index is 0. The van der Waals surface area contributed by atoms with E-state index in [1.165, 1.54) is 21.9 Å². The van der Waals surface area contributed by atoms with Gasteiger partial charge in [-0.25, -0.2) is 0 Å². The van der Waals surface area contributed by atoms with Crippen LogP contribution in [0.5, 0.6) is 5.75 Å². The summed E-state index contributed by atoms with van der Waals surface area (Å²) in [6.07, 6.45) is 3.64. The van der Waals surface area contributed by atoms with E-state index < -0.39 is 0 Å². The Kier molecular flexibility index (Phi) is 6.39. The largest absolute Gasteiger partial charge is 1.00 e. The van der Waals surface area contributed by atoms with E-state index in [0.717, 1.165) is 18.8 Å². The number of hydrogen-bond acceptors (Lipinski definition) is 3. The molecular weight excluding hydrogens is 308 g/mol. The molecule has 3 rings (SSSR count). The summed E-state index contributed by atoms with van der Waals surface area (Å²) in [5, 5.41) is 5.99. The van der Waals surface area contributed by atoms with Crippen LogP contribution in [0.15, 0.2) is 60.9 Å². The van der Waals surface area contributed by atoms with Crippen molar-refractivity contribution in [2.24, 2.45) is 0 Å². The van der Waals surface area contributed by atoms with Gasteiger partial charge in [0.25, 0.3) is 0 Å². The fraction of sp³-hybridized carbons (Fsp3) is 0.211. The van der Waals surface area contributed by atoms with Gasteiger partial charge in [-0.2, -0.15) is 0 Å². The molecule has 120 valence electrons. The van der Waals surface area contributed by atoms with Crippen LogP contribution in [0, 0.1) is 0 Å². The van der Waals surface area contributed by atoms with E-state index >= 15 is 0 Å². The van der Waals surface area contributed by atoms with E-state index in [4.69, 9.17) is 4.74 Å². The number of aromatic nitrogens is 1. The second-order valence-corrected chi connectivity index (χ2v) is 5.16. The lowest BCUT2D eigenvalue weighted by Crippen LogP contribution is -3.00. The molecule has 1 heterocycles. The standard InChI is InChI=1S/C19H20N2O.ClH/c1-2-22-19-8-7-16-5-3-4-6-17(16)18(19)14-21-13-15-9-11-20-12-10-15;/h3-12,21H,2,13-14H2,1H3;1H/p-1. The van der Waals surface area contributed by atoms with Crippen LogP contribution >= 0.6 is 0 Å². The Hall–Kier alpha value is -2.10. The second kappa shape index (κ2) is 8.51. The van der Waals surface area contributed by atoms with Crippen molar-refractivity contribution in [3.8, 4) is 5.75 Å². The topological polar surface area (TPSA) is 34.1 Å². The summed E-state index contributed by atoms with van der Waals surface area (Å²) in [6, 6.07) is 16.7. The van der Waals surface area contributed by atoms with Gasteiger partial charge in [0.1, 0.15) is 5.75 Å². The summed E-state index contributed by atoms with van der Waals surface area (Å²) in [5.74, 6) is 0.962. The monoisotopic (exact) mass is 327 g/mol. The molecule has 0 aliphatic heterocycles. The summed E-state index contributed by atoms with van der Waals surface area (Å²) < 4.78 is 5.80. The first-order valence-corrected chi connectivity index (χ1v) is 7.61. The second-order valence-electron chi connectivity index (χ2n) is 5.16. The van der Waals surface area contributed by atoms with Crippen molar-refractivity contribution >= 4 is 10.8 Å². The lowest BCUT2D eigenvalue weighted by molar-refractivity contribution is -0.00000501. The SMILES string of the molecule is CCOc1ccc2ccccc2c1CNCc1ccncc1.[Cl-]. The van der Waals surface area contributed by atoms with Gasteiger partial charge in [-0.15, -0.1) is 0 Å². The number of benzene rings is 2. The number of halogens is 1. The lowest BCUT2D eigenvalue weighted by Gasteiger charge is -2.14. The van der Waals surface area contributed by atoms with Crippen LogP contribution < -0.4 is 22.5 Å². The van der Waals surface area contributed by atoms with Crippen molar-refractivity contribution in [3.05, 3.63) is 72.1 Å². The number of ether oxygens (including phenoxy) is 1. The van der Waals surface area contributed by atoms with Gasteiger partial charge in [0.2, 0.25) is 0 Å². The third kappa shape index (κ3) is 4.21. The summed E-state index contributed by atoms with van der Waals surface area (Å²) >= 11 is 0. The molecule has 0 spiro atoms. The van der Waals surface area contributed by atoms with Crippen molar-refractivity contribution in [2.75, 3.05) is 6.61 Å². The van der Waals surface area contributed by atoms with Gasteiger partial charge < -0.3 is 22.5 Å². The predicted octanol–water partition coefficient (Wildman–Crippen LogP) is 0.927. The number of nitrogens with zero attached hydrogens (tertiary/aromatic N) is 1. The molecule has 0 amide bonds. The highest BCUT2D eigenvalue weighted by atomic mass is 35.5. The maximum Gasteiger partial charge on any atom is 0.124 e. The first-order valence-electron chi connectivity index (χ1n) is 7.61. The van der Waals surface area contributed by atoms with E-state index in [2.05, 4.69) is 46.7 Å². The fourth-order valence-corrected chi connectivity index (χ4v) is 2.62. The molecular formula is C19H20ClN2O-. The average Bonchev–Trinajstić information content (AvgIpc) is 2.57. The van der Waals surface area contributed by atoms with Crippen molar-refractivity contribution in [1.82, 2.24) is 10.3 Å². The smallest absolute Gasteiger partial charge is 0.124 e. The molecule has 0 bridgehead atoms. The highest BCUT2D eigenvalue weighted by Gasteiger charge is 2.08. The molecule has 0 aliphatic carbocycles. The van der Waals surface area contributed by atoms with Crippen molar-refractivity contribution < 1.29 is 17.1 Å². The number of hydrogen-bond donors (Lipinski definition) is 1. The van der Waals surface area contributed by atoms with Crippen molar-refractivity contribution in [2.45, 2.75) is 20.0 Å². The molecule has 2 aromatic carbocycles. The number of rotatable bonds is 6. The van der Waals surface area contributed by atoms with Crippen LogP contribution in [0.4, 0.5) is 0 Å². The summed E-state index contributed by atoms with van der Waals surface area (Å²) in [4.78, 5) is 4.04. The molecule has 1 N–H and O–H groups in total. The first-order chi connectivity index (χ1) is 10.9. The molecule has 0 aliphatic rings. The van der Waals surface area contributed by atoms with Gasteiger partial charge in [0.15, 0.2) is 0 Å². The Balaban J connectivity index is 0.00000192. The Morgan fingerprint density at radius 3 is 2.52 bits per heavy atom. The van der Waals surface area contributed by atoms with E-state index in [1.54, 1.807) is 0 Å². The van der Waals surface area contributed by atoms with Gasteiger partial charge in [-0.1, -0.05) is 30.3 Å². The quantitative estimate of drug-likeness (QED) is 0.731. The normalized spacial score (nSPS) is 10.3. The molecule has 23 heavy (non-hydrogen) atoms. The van der Waals surface area contributed by atoms with E-state index in [1.807, 2.05) is 31.5 Å². The molecule has 4 heteroatoms. The van der Waals surface area contributed by atoms with E-state index in [9.17, 15) is 0 Å². The van der Waals surface area contributed by atoms with Crippen LogP contribution in [0.1, 0.15) is 18.1 Å². The van der Waals surface area contributed by atoms with Crippen LogP contribution in [-0.4, -0.2) is 11.6 Å². The lowest BCUT2D eigenvalue weighted by atomic mass is 10.0. The van der Waals surface area contributed by atoms with Gasteiger partial charge in [-0.05, 0) is 41.5 Å². The molecule has 0 saturated heterocycles. The Labute approximate surface area is 143 Å². The first kappa shape index (κ1) is 17.3. The molecule has 0 unspecified atom stereocenters. The third-order valence-electron chi connectivity index (χ3n) is 3.68. The van der Waals surface area contributed by atoms with Gasteiger partial charge in [0.05, 0.1) is 6.61 Å². The maximum atomic E-state index is 5.80. The molecule has 1 aromatic heterocycles. The fourth-order valence-electron chi connectivity index (χ4n) is 2.62. The minimum absolute atomic E-state index is 0. The van der Waals surface area contributed by atoms with Crippen molar-refractivity contribution in [3.63, 3.8) is 0 Å². The highest BCUT2D eigenvalue weighted by molar-refractivity contribution is 5.87. The number of nitrogens with one attached hydrogen (secondary N) is 1. The van der Waals surface area contributed by atoms with Crippen LogP contribution in [0.2, 0.25) is 0 Å².